The van der Waals surface area contributed by atoms with Crippen LogP contribution in [0.5, 0.6) is 5.75 Å². The molecule has 1 nitrogen and oxygen atoms in total. The fraction of sp³-hybridized carbons (Fsp3) is 0.500. The summed E-state index contributed by atoms with van der Waals surface area (Å²) < 4.78 is 0. The Kier molecular flexibility index (Phi) is 2.97. The summed E-state index contributed by atoms with van der Waals surface area (Å²) in [6.45, 7) is 8.41. The maximum absolute atomic E-state index is 9.48. The third-order valence-corrected chi connectivity index (χ3v) is 2.73. The average molecular weight is 178 g/mol. The first-order valence-electron chi connectivity index (χ1n) is 4.86. The maximum atomic E-state index is 9.48. The monoisotopic (exact) mass is 178 g/mol. The van der Waals surface area contributed by atoms with E-state index in [-0.39, 0.29) is 0 Å². The first-order chi connectivity index (χ1) is 6.06. The van der Waals surface area contributed by atoms with Gasteiger partial charge in [-0.05, 0) is 48.9 Å². The van der Waals surface area contributed by atoms with Gasteiger partial charge in [0.2, 0.25) is 0 Å². The number of phenols is 1. The second-order valence-corrected chi connectivity index (χ2v) is 3.80. The Morgan fingerprint density at radius 2 is 1.85 bits per heavy atom. The first-order valence-corrected chi connectivity index (χ1v) is 4.86. The van der Waals surface area contributed by atoms with E-state index in [2.05, 4.69) is 26.8 Å². The number of benzene rings is 1. The van der Waals surface area contributed by atoms with Crippen molar-refractivity contribution in [3.05, 3.63) is 28.8 Å². The van der Waals surface area contributed by atoms with Gasteiger partial charge >= 0.3 is 0 Å². The van der Waals surface area contributed by atoms with Gasteiger partial charge in [0, 0.05) is 0 Å². The summed E-state index contributed by atoms with van der Waals surface area (Å²) in [5.41, 5.74) is 3.52. The van der Waals surface area contributed by atoms with E-state index in [1.54, 1.807) is 0 Å². The van der Waals surface area contributed by atoms with Crippen molar-refractivity contribution >= 4 is 0 Å². The van der Waals surface area contributed by atoms with E-state index in [4.69, 9.17) is 0 Å². The molecule has 1 heteroatoms. The third kappa shape index (κ3) is 2.03. The van der Waals surface area contributed by atoms with Gasteiger partial charge < -0.3 is 5.11 Å². The van der Waals surface area contributed by atoms with Crippen molar-refractivity contribution in [2.75, 3.05) is 0 Å². The van der Waals surface area contributed by atoms with Gasteiger partial charge in [0.15, 0.2) is 0 Å². The van der Waals surface area contributed by atoms with Gasteiger partial charge in [-0.3, -0.25) is 0 Å². The smallest absolute Gasteiger partial charge is 0.118 e. The molecule has 0 heterocycles. The summed E-state index contributed by atoms with van der Waals surface area (Å²) in [5.74, 6) is 0.990. The molecule has 0 saturated carbocycles. The number of aromatic hydroxyl groups is 1. The van der Waals surface area contributed by atoms with E-state index >= 15 is 0 Å². The van der Waals surface area contributed by atoms with Crippen molar-refractivity contribution in [2.24, 2.45) is 0 Å². The maximum Gasteiger partial charge on any atom is 0.118 e. The lowest BCUT2D eigenvalue weighted by Gasteiger charge is -2.14. The normalized spacial score (nSPS) is 12.9. The highest BCUT2D eigenvalue weighted by Crippen LogP contribution is 2.28. The van der Waals surface area contributed by atoms with Crippen molar-refractivity contribution in [3.8, 4) is 5.75 Å². The molecule has 1 aromatic carbocycles. The SMILES string of the molecule is CCC(C)c1cc(C)c(O)cc1C. The molecule has 0 amide bonds. The van der Waals surface area contributed by atoms with Crippen molar-refractivity contribution in [3.63, 3.8) is 0 Å². The van der Waals surface area contributed by atoms with Crippen LogP contribution in [0, 0.1) is 13.8 Å². The number of hydrogen-bond donors (Lipinski definition) is 1. The molecule has 1 rings (SSSR count). The Bertz CT molecular complexity index is 302. The molecule has 0 aliphatic rings. The molecule has 0 spiro atoms. The van der Waals surface area contributed by atoms with E-state index in [9.17, 15) is 5.11 Å². The molecule has 0 aromatic heterocycles. The lowest BCUT2D eigenvalue weighted by Crippen LogP contribution is -1.95. The standard InChI is InChI=1S/C12H18O/c1-5-8(2)11-6-10(4)12(13)7-9(11)3/h6-8,13H,5H2,1-4H3. The molecule has 1 unspecified atom stereocenters. The van der Waals surface area contributed by atoms with Crippen LogP contribution in [-0.4, -0.2) is 5.11 Å². The molecule has 0 fully saturated rings. The molecule has 0 aliphatic heterocycles. The quantitative estimate of drug-likeness (QED) is 0.734. The van der Waals surface area contributed by atoms with Crippen molar-refractivity contribution in [1.82, 2.24) is 0 Å². The molecule has 0 saturated heterocycles. The van der Waals surface area contributed by atoms with E-state index in [0.29, 0.717) is 11.7 Å². The van der Waals surface area contributed by atoms with Gasteiger partial charge in [0.25, 0.3) is 0 Å². The van der Waals surface area contributed by atoms with Crippen LogP contribution in [0.15, 0.2) is 12.1 Å². The number of rotatable bonds is 2. The number of hydrogen-bond acceptors (Lipinski definition) is 1. The van der Waals surface area contributed by atoms with E-state index < -0.39 is 0 Å². The topological polar surface area (TPSA) is 20.2 Å². The Balaban J connectivity index is 3.15. The van der Waals surface area contributed by atoms with E-state index in [1.807, 2.05) is 13.0 Å². The molecule has 1 aromatic rings. The molecule has 13 heavy (non-hydrogen) atoms. The number of phenolic OH excluding ortho intramolecular Hbond substituents is 1. The zero-order valence-corrected chi connectivity index (χ0v) is 8.89. The Morgan fingerprint density at radius 1 is 1.23 bits per heavy atom. The zero-order valence-electron chi connectivity index (χ0n) is 8.89. The predicted molar refractivity (Wildman–Crippen MR) is 56.3 cm³/mol. The summed E-state index contributed by atoms with van der Waals surface area (Å²) in [5, 5.41) is 9.48. The summed E-state index contributed by atoms with van der Waals surface area (Å²) in [6.07, 6.45) is 1.14. The van der Waals surface area contributed by atoms with E-state index in [1.165, 1.54) is 11.1 Å². The molecule has 72 valence electrons. The minimum Gasteiger partial charge on any atom is -0.508 e. The van der Waals surface area contributed by atoms with Crippen molar-refractivity contribution in [2.45, 2.75) is 40.0 Å². The van der Waals surface area contributed by atoms with Crippen LogP contribution < -0.4 is 0 Å². The van der Waals surface area contributed by atoms with Crippen LogP contribution in [0.25, 0.3) is 0 Å². The molecular formula is C12H18O. The number of aryl methyl sites for hydroxylation is 2. The summed E-state index contributed by atoms with van der Waals surface area (Å²) >= 11 is 0. The summed E-state index contributed by atoms with van der Waals surface area (Å²) in [6, 6.07) is 3.95. The molecule has 0 radical (unpaired) electrons. The van der Waals surface area contributed by atoms with Crippen molar-refractivity contribution < 1.29 is 5.11 Å². The highest BCUT2D eigenvalue weighted by molar-refractivity contribution is 5.41. The molecular weight excluding hydrogens is 160 g/mol. The van der Waals surface area contributed by atoms with Crippen LogP contribution >= 0.6 is 0 Å². The van der Waals surface area contributed by atoms with Gasteiger partial charge in [0.1, 0.15) is 5.75 Å². The Morgan fingerprint density at radius 3 is 2.38 bits per heavy atom. The highest BCUT2D eigenvalue weighted by Gasteiger charge is 2.08. The Hall–Kier alpha value is -0.980. The van der Waals surface area contributed by atoms with E-state index in [0.717, 1.165) is 12.0 Å². The van der Waals surface area contributed by atoms with Crippen LogP contribution in [0.2, 0.25) is 0 Å². The van der Waals surface area contributed by atoms with Gasteiger partial charge in [-0.2, -0.15) is 0 Å². The third-order valence-electron chi connectivity index (χ3n) is 2.73. The average Bonchev–Trinajstić information content (AvgIpc) is 2.10. The van der Waals surface area contributed by atoms with Gasteiger partial charge in [-0.15, -0.1) is 0 Å². The molecule has 0 bridgehead atoms. The highest BCUT2D eigenvalue weighted by atomic mass is 16.3. The van der Waals surface area contributed by atoms with Crippen molar-refractivity contribution in [1.29, 1.82) is 0 Å². The van der Waals surface area contributed by atoms with Crippen LogP contribution in [0.1, 0.15) is 42.9 Å². The second kappa shape index (κ2) is 3.82. The minimum atomic E-state index is 0.407. The fourth-order valence-corrected chi connectivity index (χ4v) is 1.57. The van der Waals surface area contributed by atoms with Crippen LogP contribution in [0.4, 0.5) is 0 Å². The van der Waals surface area contributed by atoms with Crippen LogP contribution in [-0.2, 0) is 0 Å². The lowest BCUT2D eigenvalue weighted by atomic mass is 9.92. The Labute approximate surface area is 80.4 Å². The zero-order chi connectivity index (χ0) is 10.0. The molecule has 0 aliphatic carbocycles. The van der Waals surface area contributed by atoms with Gasteiger partial charge in [0.05, 0.1) is 0 Å². The predicted octanol–water partition coefficient (Wildman–Crippen LogP) is 3.52. The molecule has 1 N–H and O–H groups in total. The van der Waals surface area contributed by atoms with Crippen LogP contribution in [0.3, 0.4) is 0 Å². The summed E-state index contributed by atoms with van der Waals surface area (Å²) in [4.78, 5) is 0. The second-order valence-electron chi connectivity index (χ2n) is 3.80. The fourth-order valence-electron chi connectivity index (χ4n) is 1.57. The van der Waals surface area contributed by atoms with Gasteiger partial charge in [-0.1, -0.05) is 19.9 Å². The largest absolute Gasteiger partial charge is 0.508 e. The minimum absolute atomic E-state index is 0.407. The lowest BCUT2D eigenvalue weighted by molar-refractivity contribution is 0.470. The molecule has 1 atom stereocenters. The van der Waals surface area contributed by atoms with Gasteiger partial charge in [-0.25, -0.2) is 0 Å². The first kappa shape index (κ1) is 10.1. The summed E-state index contributed by atoms with van der Waals surface area (Å²) in [7, 11) is 0.